The summed E-state index contributed by atoms with van der Waals surface area (Å²) in [4.78, 5) is 13.9. The van der Waals surface area contributed by atoms with Crippen molar-refractivity contribution in [2.75, 3.05) is 12.8 Å². The van der Waals surface area contributed by atoms with Crippen LogP contribution >= 0.6 is 0 Å². The van der Waals surface area contributed by atoms with Gasteiger partial charge in [-0.2, -0.15) is 0 Å². The van der Waals surface area contributed by atoms with Crippen LogP contribution < -0.4 is 10.5 Å². The second kappa shape index (κ2) is 4.73. The summed E-state index contributed by atoms with van der Waals surface area (Å²) in [5.74, 6) is -1.34. The average Bonchev–Trinajstić information content (AvgIpc) is 2.19. The van der Waals surface area contributed by atoms with Gasteiger partial charge in [0.05, 0.1) is 24.9 Å². The molecule has 0 fully saturated rings. The number of alkyl halides is 2. The number of aromatic nitrogens is 1. The zero-order chi connectivity index (χ0) is 12.3. The molecule has 0 radical (unpaired) electrons. The second-order valence-corrected chi connectivity index (χ2v) is 2.98. The van der Waals surface area contributed by atoms with Crippen molar-refractivity contribution in [3.63, 3.8) is 0 Å². The molecule has 0 amide bonds. The van der Waals surface area contributed by atoms with E-state index < -0.39 is 24.5 Å². The zero-order valence-electron chi connectivity index (χ0n) is 8.41. The molecule has 1 aromatic heterocycles. The van der Waals surface area contributed by atoms with E-state index in [1.807, 2.05) is 0 Å². The number of hydrogen-bond donors (Lipinski definition) is 2. The number of nitrogens with two attached hydrogens (primary N) is 1. The van der Waals surface area contributed by atoms with Gasteiger partial charge in [-0.25, -0.2) is 13.8 Å². The standard InChI is InChI=1S/C9H10F2N2O3/c1-16-6-2-4(12)5(3-7(14)15)13-8(6)9(10)11/h2,9H,3,12H2,1H3,(H,14,15). The van der Waals surface area contributed by atoms with Gasteiger partial charge in [-0.1, -0.05) is 0 Å². The molecular weight excluding hydrogens is 222 g/mol. The quantitative estimate of drug-likeness (QED) is 0.815. The Balaban J connectivity index is 3.21. The number of ether oxygens (including phenoxy) is 1. The number of methoxy groups -OCH3 is 1. The molecule has 7 heteroatoms. The molecule has 1 rings (SSSR count). The van der Waals surface area contributed by atoms with E-state index in [1.54, 1.807) is 0 Å². The Labute approximate surface area is 89.9 Å². The number of aliphatic carboxylic acids is 1. The zero-order valence-corrected chi connectivity index (χ0v) is 8.41. The van der Waals surface area contributed by atoms with Gasteiger partial charge in [-0.05, 0) is 0 Å². The lowest BCUT2D eigenvalue weighted by Gasteiger charge is -2.10. The van der Waals surface area contributed by atoms with Crippen LogP contribution in [-0.2, 0) is 11.2 Å². The molecule has 1 aromatic rings. The summed E-state index contributed by atoms with van der Waals surface area (Å²) in [6, 6.07) is 1.15. The number of halogens is 2. The number of nitrogen functional groups attached to an aromatic ring is 1. The van der Waals surface area contributed by atoms with Crippen LogP contribution in [0.4, 0.5) is 14.5 Å². The molecule has 0 saturated heterocycles. The Hall–Kier alpha value is -1.92. The van der Waals surface area contributed by atoms with Crippen molar-refractivity contribution in [2.45, 2.75) is 12.8 Å². The Morgan fingerprint density at radius 1 is 1.69 bits per heavy atom. The monoisotopic (exact) mass is 232 g/mol. The SMILES string of the molecule is COc1cc(N)c(CC(=O)O)nc1C(F)F. The normalized spacial score (nSPS) is 10.5. The molecule has 0 saturated carbocycles. The highest BCUT2D eigenvalue weighted by atomic mass is 19.3. The largest absolute Gasteiger partial charge is 0.495 e. The van der Waals surface area contributed by atoms with E-state index in [2.05, 4.69) is 9.72 Å². The molecule has 16 heavy (non-hydrogen) atoms. The van der Waals surface area contributed by atoms with E-state index in [1.165, 1.54) is 7.11 Å². The fourth-order valence-corrected chi connectivity index (χ4v) is 1.17. The summed E-state index contributed by atoms with van der Waals surface area (Å²) in [5, 5.41) is 8.53. The lowest BCUT2D eigenvalue weighted by molar-refractivity contribution is -0.136. The molecule has 0 unspecified atom stereocenters. The maximum absolute atomic E-state index is 12.5. The molecule has 1 heterocycles. The summed E-state index contributed by atoms with van der Waals surface area (Å²) in [5.41, 5.74) is 4.78. The van der Waals surface area contributed by atoms with Crippen LogP contribution in [0.3, 0.4) is 0 Å². The Morgan fingerprint density at radius 2 is 2.31 bits per heavy atom. The predicted molar refractivity (Wildman–Crippen MR) is 51.5 cm³/mol. The number of carboxylic acids is 1. The van der Waals surface area contributed by atoms with Crippen LogP contribution in [0.25, 0.3) is 0 Å². The molecule has 5 nitrogen and oxygen atoms in total. The Morgan fingerprint density at radius 3 is 2.75 bits per heavy atom. The molecule has 0 spiro atoms. The number of anilines is 1. The first-order valence-corrected chi connectivity index (χ1v) is 4.29. The number of hydrogen-bond acceptors (Lipinski definition) is 4. The highest BCUT2D eigenvalue weighted by Gasteiger charge is 2.19. The summed E-state index contributed by atoms with van der Waals surface area (Å²) >= 11 is 0. The van der Waals surface area contributed by atoms with Gasteiger partial charge in [0.25, 0.3) is 6.43 Å². The number of nitrogens with zero attached hydrogens (tertiary/aromatic N) is 1. The third-order valence-corrected chi connectivity index (χ3v) is 1.87. The molecule has 0 aromatic carbocycles. The third-order valence-electron chi connectivity index (χ3n) is 1.87. The van der Waals surface area contributed by atoms with Crippen molar-refractivity contribution in [3.8, 4) is 5.75 Å². The van der Waals surface area contributed by atoms with E-state index in [0.29, 0.717) is 0 Å². The van der Waals surface area contributed by atoms with Gasteiger partial charge in [0, 0.05) is 6.07 Å². The van der Waals surface area contributed by atoms with E-state index in [9.17, 15) is 13.6 Å². The van der Waals surface area contributed by atoms with Gasteiger partial charge in [0.15, 0.2) is 0 Å². The number of carboxylic acid groups (broad SMARTS) is 1. The first kappa shape index (κ1) is 12.2. The molecule has 0 aliphatic carbocycles. The topological polar surface area (TPSA) is 85.4 Å². The first-order chi connectivity index (χ1) is 7.45. The minimum Gasteiger partial charge on any atom is -0.495 e. The van der Waals surface area contributed by atoms with Gasteiger partial charge in [-0.3, -0.25) is 4.79 Å². The van der Waals surface area contributed by atoms with E-state index >= 15 is 0 Å². The third kappa shape index (κ3) is 2.56. The summed E-state index contributed by atoms with van der Waals surface area (Å²) in [7, 11) is 1.21. The molecule has 0 atom stereocenters. The minimum absolute atomic E-state index is 0.0173. The van der Waals surface area contributed by atoms with Crippen molar-refractivity contribution < 1.29 is 23.4 Å². The summed E-state index contributed by atoms with van der Waals surface area (Å²) < 4.78 is 29.7. The molecule has 0 aliphatic rings. The fourth-order valence-electron chi connectivity index (χ4n) is 1.17. The van der Waals surface area contributed by atoms with Gasteiger partial charge in [-0.15, -0.1) is 0 Å². The first-order valence-electron chi connectivity index (χ1n) is 4.29. The lowest BCUT2D eigenvalue weighted by atomic mass is 10.2. The van der Waals surface area contributed by atoms with Crippen LogP contribution in [0.1, 0.15) is 17.8 Å². The minimum atomic E-state index is -2.84. The van der Waals surface area contributed by atoms with Gasteiger partial charge in [0.2, 0.25) is 0 Å². The highest BCUT2D eigenvalue weighted by molar-refractivity contribution is 5.72. The van der Waals surface area contributed by atoms with E-state index in [-0.39, 0.29) is 17.1 Å². The lowest BCUT2D eigenvalue weighted by Crippen LogP contribution is -2.09. The molecular formula is C9H10F2N2O3. The van der Waals surface area contributed by atoms with Gasteiger partial charge in [0.1, 0.15) is 11.4 Å². The van der Waals surface area contributed by atoms with Crippen LogP contribution in [0, 0.1) is 0 Å². The van der Waals surface area contributed by atoms with Crippen molar-refractivity contribution in [1.29, 1.82) is 0 Å². The van der Waals surface area contributed by atoms with Crippen LogP contribution in [0.5, 0.6) is 5.75 Å². The molecule has 3 N–H and O–H groups in total. The Kier molecular flexibility index (Phi) is 3.60. The van der Waals surface area contributed by atoms with Crippen molar-refractivity contribution >= 4 is 11.7 Å². The number of carbonyl (C=O) groups is 1. The Bertz CT molecular complexity index is 410. The molecule has 88 valence electrons. The van der Waals surface area contributed by atoms with Crippen molar-refractivity contribution in [3.05, 3.63) is 17.5 Å². The number of rotatable bonds is 4. The van der Waals surface area contributed by atoms with Crippen LogP contribution in [0.2, 0.25) is 0 Å². The second-order valence-electron chi connectivity index (χ2n) is 2.98. The fraction of sp³-hybridized carbons (Fsp3) is 0.333. The van der Waals surface area contributed by atoms with E-state index in [0.717, 1.165) is 6.07 Å². The predicted octanol–water partition coefficient (Wildman–Crippen LogP) is 1.24. The summed E-state index contributed by atoms with van der Waals surface area (Å²) in [6.45, 7) is 0. The summed E-state index contributed by atoms with van der Waals surface area (Å²) in [6.07, 6.45) is -3.35. The maximum Gasteiger partial charge on any atom is 0.309 e. The number of pyridine rings is 1. The maximum atomic E-state index is 12.5. The van der Waals surface area contributed by atoms with Crippen LogP contribution in [-0.4, -0.2) is 23.2 Å². The van der Waals surface area contributed by atoms with Gasteiger partial charge >= 0.3 is 5.97 Å². The average molecular weight is 232 g/mol. The molecule has 0 bridgehead atoms. The van der Waals surface area contributed by atoms with Crippen molar-refractivity contribution in [2.24, 2.45) is 0 Å². The highest BCUT2D eigenvalue weighted by Crippen LogP contribution is 2.30. The van der Waals surface area contributed by atoms with Crippen LogP contribution in [0.15, 0.2) is 6.07 Å². The molecule has 0 aliphatic heterocycles. The van der Waals surface area contributed by atoms with Crippen molar-refractivity contribution in [1.82, 2.24) is 4.98 Å². The van der Waals surface area contributed by atoms with Gasteiger partial charge < -0.3 is 15.6 Å². The van der Waals surface area contributed by atoms with E-state index in [4.69, 9.17) is 10.8 Å². The smallest absolute Gasteiger partial charge is 0.309 e.